The second-order valence-electron chi connectivity index (χ2n) is 13.1. The number of carbonyl (C=O) groups excluding carboxylic acids is 1. The number of carboxylic acids is 1. The van der Waals surface area contributed by atoms with E-state index in [4.69, 9.17) is 34.2 Å². The highest BCUT2D eigenvalue weighted by Gasteiger charge is 2.56. The topological polar surface area (TPSA) is 273 Å². The molecule has 1 spiro atoms. The molecule has 0 unspecified atom stereocenters. The first-order chi connectivity index (χ1) is 26.8. The molecule has 0 aromatic heterocycles. The predicted molar refractivity (Wildman–Crippen MR) is 200 cm³/mol. The number of rotatable bonds is 14. The monoisotopic (exact) mass is 784 g/mol. The second kappa shape index (κ2) is 17.8. The molecule has 0 bridgehead atoms. The van der Waals surface area contributed by atoms with Gasteiger partial charge in [0, 0.05) is 37.7 Å². The van der Waals surface area contributed by atoms with Crippen molar-refractivity contribution in [1.29, 1.82) is 0 Å². The van der Waals surface area contributed by atoms with Crippen molar-refractivity contribution >= 4 is 23.6 Å². The number of methoxy groups -OCH3 is 1. The zero-order chi connectivity index (χ0) is 40.7. The third-order valence-corrected chi connectivity index (χ3v) is 9.64. The number of guanidine groups is 1. The van der Waals surface area contributed by atoms with Crippen molar-refractivity contribution in [3.8, 4) is 34.5 Å². The van der Waals surface area contributed by atoms with Gasteiger partial charge in [-0.05, 0) is 37.3 Å². The molecule has 2 aliphatic rings. The molecule has 2 heterocycles. The van der Waals surface area contributed by atoms with Gasteiger partial charge in [-0.25, -0.2) is 9.59 Å². The smallest absolute Gasteiger partial charge is 0.342 e. The number of nitrogens with zero attached hydrogens (tertiary/aromatic N) is 1. The molecule has 0 saturated carbocycles. The number of hydrogen-bond acceptors (Lipinski definition) is 15. The average Bonchev–Trinajstić information content (AvgIpc) is 3.18. The highest BCUT2D eigenvalue weighted by atomic mass is 16.7. The summed E-state index contributed by atoms with van der Waals surface area (Å²) in [7, 11) is 2.69. The normalized spacial score (nSPS) is 22.3. The summed E-state index contributed by atoms with van der Waals surface area (Å²) in [6.07, 6.45) is -6.56. The van der Waals surface area contributed by atoms with Crippen LogP contribution < -0.4 is 35.3 Å². The summed E-state index contributed by atoms with van der Waals surface area (Å²) in [4.78, 5) is 29.6. The molecule has 3 aromatic rings. The molecule has 0 aliphatic carbocycles. The molecule has 1 saturated heterocycles. The van der Waals surface area contributed by atoms with Gasteiger partial charge in [0.25, 0.3) is 0 Å². The van der Waals surface area contributed by atoms with E-state index in [2.05, 4.69) is 15.6 Å². The quantitative estimate of drug-likeness (QED) is 0.0487. The van der Waals surface area contributed by atoms with Gasteiger partial charge < -0.3 is 75.4 Å². The number of aliphatic hydroxyl groups is 3. The van der Waals surface area contributed by atoms with Crippen molar-refractivity contribution < 1.29 is 68.6 Å². The number of cyclic esters (lactones) is 1. The van der Waals surface area contributed by atoms with Crippen LogP contribution in [0.5, 0.6) is 34.5 Å². The minimum absolute atomic E-state index is 0.000992. The number of benzene rings is 3. The number of nitrogens with two attached hydrogens (primary N) is 1. The lowest BCUT2D eigenvalue weighted by Gasteiger charge is -2.48. The molecule has 56 heavy (non-hydrogen) atoms. The Hall–Kier alpha value is -5.69. The lowest BCUT2D eigenvalue weighted by atomic mass is 9.81. The summed E-state index contributed by atoms with van der Waals surface area (Å²) in [5.74, 6) is -4.46. The Bertz CT molecular complexity index is 1940. The number of phenols is 2. The van der Waals surface area contributed by atoms with Gasteiger partial charge in [-0.3, -0.25) is 4.99 Å². The van der Waals surface area contributed by atoms with Crippen LogP contribution in [0, 0.1) is 0 Å². The Kier molecular flexibility index (Phi) is 13.2. The number of fused-ring (bicyclic) bond motifs is 1. The summed E-state index contributed by atoms with van der Waals surface area (Å²) < 4.78 is 34.8. The number of aromatic carboxylic acids is 1. The number of carboxylic acid groups (broad SMARTS) is 1. The van der Waals surface area contributed by atoms with Crippen LogP contribution in [-0.4, -0.2) is 119 Å². The van der Waals surface area contributed by atoms with Crippen molar-refractivity contribution in [2.75, 3.05) is 46.0 Å². The maximum absolute atomic E-state index is 13.7. The number of hydrogen-bond donors (Lipinski definition) is 9. The van der Waals surface area contributed by atoms with Gasteiger partial charge in [-0.2, -0.15) is 0 Å². The number of nitrogens with one attached hydrogen (secondary N) is 2. The number of aromatic hydroxyl groups is 2. The van der Waals surface area contributed by atoms with E-state index in [9.17, 15) is 40.2 Å². The summed E-state index contributed by atoms with van der Waals surface area (Å²) >= 11 is 0. The van der Waals surface area contributed by atoms with Crippen molar-refractivity contribution in [1.82, 2.24) is 5.32 Å². The molecule has 304 valence electrons. The molecule has 5 atom stereocenters. The Morgan fingerprint density at radius 2 is 1.79 bits per heavy atom. The van der Waals surface area contributed by atoms with Crippen LogP contribution in [0.25, 0.3) is 0 Å². The molecule has 3 aromatic carbocycles. The zero-order valence-electron chi connectivity index (χ0n) is 31.4. The molecule has 2 aliphatic heterocycles. The van der Waals surface area contributed by atoms with E-state index >= 15 is 0 Å². The van der Waals surface area contributed by atoms with Crippen LogP contribution in [0.2, 0.25) is 0 Å². The molecule has 10 N–H and O–H groups in total. The molecule has 5 rings (SSSR count). The van der Waals surface area contributed by atoms with E-state index in [0.717, 1.165) is 17.5 Å². The largest absolute Gasteiger partial charge is 0.504 e. The van der Waals surface area contributed by atoms with Crippen LogP contribution >= 0.6 is 0 Å². The number of aliphatic hydroxyl groups excluding tert-OH is 3. The molecular weight excluding hydrogens is 736 g/mol. The number of phenolic OH excluding ortho intramolecular Hbond substituents is 2. The molecule has 0 radical (unpaired) electrons. The van der Waals surface area contributed by atoms with Crippen LogP contribution in [0.3, 0.4) is 0 Å². The fourth-order valence-electron chi connectivity index (χ4n) is 6.61. The average molecular weight is 785 g/mol. The Balaban J connectivity index is 1.45. The lowest BCUT2D eigenvalue weighted by molar-refractivity contribution is -0.320. The molecule has 18 heteroatoms. The van der Waals surface area contributed by atoms with E-state index in [1.165, 1.54) is 26.3 Å². The summed E-state index contributed by atoms with van der Waals surface area (Å²) in [6.45, 7) is 3.17. The molecular formula is C38H48N4O14. The number of aryl methyl sites for hydroxylation is 1. The van der Waals surface area contributed by atoms with Crippen molar-refractivity contribution in [3.05, 3.63) is 64.2 Å². The van der Waals surface area contributed by atoms with Crippen molar-refractivity contribution in [2.24, 2.45) is 10.7 Å². The molecule has 0 amide bonds. The minimum atomic E-state index is -1.94. The minimum Gasteiger partial charge on any atom is -0.504 e. The Labute approximate surface area is 322 Å². The van der Waals surface area contributed by atoms with Crippen molar-refractivity contribution in [3.63, 3.8) is 0 Å². The lowest BCUT2D eigenvalue weighted by Crippen LogP contribution is -2.67. The van der Waals surface area contributed by atoms with Crippen LogP contribution in [-0.2, 0) is 28.7 Å². The Morgan fingerprint density at radius 1 is 1.04 bits per heavy atom. The van der Waals surface area contributed by atoms with Gasteiger partial charge in [-0.15, -0.1) is 0 Å². The summed E-state index contributed by atoms with van der Waals surface area (Å²) in [5.41, 5.74) is 5.46. The van der Waals surface area contributed by atoms with Gasteiger partial charge in [0.2, 0.25) is 17.8 Å². The van der Waals surface area contributed by atoms with Crippen LogP contribution in [0.1, 0.15) is 57.7 Å². The van der Waals surface area contributed by atoms with Gasteiger partial charge in [-0.1, -0.05) is 31.2 Å². The maximum atomic E-state index is 13.7. The van der Waals surface area contributed by atoms with E-state index < -0.39 is 60.2 Å². The highest BCUT2D eigenvalue weighted by Crippen LogP contribution is 2.51. The highest BCUT2D eigenvalue weighted by molar-refractivity contribution is 5.97. The first-order valence-corrected chi connectivity index (χ1v) is 17.9. The fraction of sp³-hybridized carbons (Fsp3) is 0.447. The number of aliphatic imine (C=N–C) groups is 1. The Morgan fingerprint density at radius 3 is 2.46 bits per heavy atom. The van der Waals surface area contributed by atoms with Gasteiger partial charge >= 0.3 is 11.9 Å². The number of esters is 1. The zero-order valence-corrected chi connectivity index (χ0v) is 31.4. The van der Waals surface area contributed by atoms with E-state index in [0.29, 0.717) is 13.0 Å². The standard InChI is InChI=1S/C38H48N4O14/c1-5-19-8-7-9-20(14-19)11-13-52-32-27(43)26-21(31(51-4)30(32)46)10-12-38(17-53-35(26)50)33(47)28(44)29(45)36(56-38)55-25-16-23(41-6-2)22(34(48)49)15-24(25)54-18-42-37(39)40-3/h7-9,14-16,28-29,33,36,41,43-47H,5-6,10-13,17-18H2,1-4H3,(H,48,49)(H3,39,40,42)/t28-,29-,33+,36-,38-/m1/s1. The van der Waals surface area contributed by atoms with Crippen LogP contribution in [0.4, 0.5) is 5.69 Å². The second-order valence-corrected chi connectivity index (χ2v) is 13.1. The SMILES string of the molecule is CCNc1cc(O[C@@H]2O[C@@]3(CCc4c(OC)c(O)c(OCCc5cccc(CC)c5)c(O)c4C(=O)OC3)[C@@H](O)[C@H](O)[C@H]2O)c(OCNC(N)=NC)cc1C(=O)O. The first-order valence-electron chi connectivity index (χ1n) is 17.9. The molecule has 1 fully saturated rings. The van der Waals surface area contributed by atoms with Gasteiger partial charge in [0.1, 0.15) is 36.1 Å². The van der Waals surface area contributed by atoms with E-state index in [1.807, 2.05) is 31.2 Å². The van der Waals surface area contributed by atoms with E-state index in [-0.39, 0.29) is 77.5 Å². The number of ether oxygens (including phenoxy) is 6. The van der Waals surface area contributed by atoms with E-state index in [1.54, 1.807) is 6.92 Å². The maximum Gasteiger partial charge on any atom is 0.342 e. The van der Waals surface area contributed by atoms with Crippen LogP contribution in [0.15, 0.2) is 41.4 Å². The predicted octanol–water partition coefficient (Wildman–Crippen LogP) is 1.65. The summed E-state index contributed by atoms with van der Waals surface area (Å²) in [5, 5.41) is 71.6. The fourth-order valence-corrected chi connectivity index (χ4v) is 6.61. The van der Waals surface area contributed by atoms with Crippen molar-refractivity contribution in [2.45, 2.75) is 69.7 Å². The first kappa shape index (κ1) is 41.5. The van der Waals surface area contributed by atoms with Gasteiger partial charge in [0.15, 0.2) is 35.7 Å². The molecule has 18 nitrogen and oxygen atoms in total. The third-order valence-electron chi connectivity index (χ3n) is 9.64. The van der Waals surface area contributed by atoms with Gasteiger partial charge in [0.05, 0.1) is 25.0 Å². The number of carbonyl (C=O) groups is 2. The number of anilines is 1. The third kappa shape index (κ3) is 8.57. The summed E-state index contributed by atoms with van der Waals surface area (Å²) in [6, 6.07) is 10.3.